The molecule has 6 nitrogen and oxygen atoms in total. The van der Waals surface area contributed by atoms with Gasteiger partial charge in [0.05, 0.1) is 0 Å². The maximum Gasteiger partial charge on any atom is 0.410 e. The molecular formula is C18H24F2N2O4. The number of nitrogens with zero attached hydrogens (tertiary/aromatic N) is 2. The minimum Gasteiger partial charge on any atom is -0.505 e. The number of piperidine rings is 1. The van der Waals surface area contributed by atoms with Gasteiger partial charge in [-0.3, -0.25) is 4.79 Å². The van der Waals surface area contributed by atoms with Crippen LogP contribution in [0.2, 0.25) is 0 Å². The van der Waals surface area contributed by atoms with E-state index in [0.29, 0.717) is 12.8 Å². The number of phenols is 1. The van der Waals surface area contributed by atoms with E-state index < -0.39 is 40.5 Å². The predicted molar refractivity (Wildman–Crippen MR) is 90.9 cm³/mol. The fraction of sp³-hybridized carbons (Fsp3) is 0.556. The van der Waals surface area contributed by atoms with Crippen molar-refractivity contribution in [2.24, 2.45) is 0 Å². The number of benzene rings is 1. The monoisotopic (exact) mass is 370 g/mol. The fourth-order valence-corrected chi connectivity index (χ4v) is 2.83. The molecule has 1 N–H and O–H groups in total. The third-order valence-electron chi connectivity index (χ3n) is 4.27. The molecule has 1 fully saturated rings. The van der Waals surface area contributed by atoms with E-state index in [1.807, 2.05) is 0 Å². The Morgan fingerprint density at radius 3 is 2.35 bits per heavy atom. The third-order valence-corrected chi connectivity index (χ3v) is 4.27. The van der Waals surface area contributed by atoms with Crippen LogP contribution >= 0.6 is 0 Å². The first-order valence-electron chi connectivity index (χ1n) is 8.43. The Kier molecular flexibility index (Phi) is 5.73. The minimum atomic E-state index is -1.26. The van der Waals surface area contributed by atoms with Gasteiger partial charge in [0.1, 0.15) is 17.0 Å². The number of amides is 2. The largest absolute Gasteiger partial charge is 0.505 e. The normalized spacial score (nSPS) is 15.7. The Hall–Kier alpha value is -2.38. The molecule has 1 aliphatic rings. The zero-order valence-corrected chi connectivity index (χ0v) is 15.4. The third kappa shape index (κ3) is 4.42. The van der Waals surface area contributed by atoms with Gasteiger partial charge in [-0.1, -0.05) is 0 Å². The lowest BCUT2D eigenvalue weighted by Gasteiger charge is -2.37. The van der Waals surface area contributed by atoms with Crippen LogP contribution in [0.15, 0.2) is 12.1 Å². The average Bonchev–Trinajstić information content (AvgIpc) is 2.56. The molecule has 2 amide bonds. The molecule has 1 aliphatic heterocycles. The van der Waals surface area contributed by atoms with Crippen LogP contribution in [0.1, 0.15) is 44.0 Å². The number of aromatic hydroxyl groups is 1. The standard InChI is InChI=1S/C18H24F2N2O4/c1-18(2,3)26-17(25)21(4)11-7-9-22(10-8-11)16(24)14-12(19)5-6-13(23)15(14)20/h5-6,11,23H,7-10H2,1-4H3. The van der Waals surface area contributed by atoms with E-state index in [1.54, 1.807) is 27.8 Å². The molecule has 0 atom stereocenters. The van der Waals surface area contributed by atoms with Crippen molar-refractivity contribution >= 4 is 12.0 Å². The van der Waals surface area contributed by atoms with Crippen LogP contribution in [0.5, 0.6) is 5.75 Å². The quantitative estimate of drug-likeness (QED) is 0.868. The Morgan fingerprint density at radius 1 is 1.23 bits per heavy atom. The number of hydrogen-bond donors (Lipinski definition) is 1. The van der Waals surface area contributed by atoms with Crippen LogP contribution in [0.25, 0.3) is 0 Å². The number of likely N-dealkylation sites (tertiary alicyclic amines) is 1. The van der Waals surface area contributed by atoms with E-state index >= 15 is 0 Å². The topological polar surface area (TPSA) is 70.1 Å². The number of carbonyl (C=O) groups excluding carboxylic acids is 2. The molecule has 0 radical (unpaired) electrons. The smallest absolute Gasteiger partial charge is 0.410 e. The second-order valence-electron chi connectivity index (χ2n) is 7.37. The zero-order valence-electron chi connectivity index (χ0n) is 15.4. The maximum absolute atomic E-state index is 13.9. The van der Waals surface area contributed by atoms with Gasteiger partial charge in [-0.25, -0.2) is 13.6 Å². The summed E-state index contributed by atoms with van der Waals surface area (Å²) in [5.74, 6) is -3.86. The summed E-state index contributed by atoms with van der Waals surface area (Å²) in [5, 5.41) is 9.37. The Morgan fingerprint density at radius 2 is 1.81 bits per heavy atom. The summed E-state index contributed by atoms with van der Waals surface area (Å²) in [6.07, 6.45) is 0.472. The van der Waals surface area contributed by atoms with Gasteiger partial charge in [0, 0.05) is 26.2 Å². The van der Waals surface area contributed by atoms with Crippen molar-refractivity contribution in [3.63, 3.8) is 0 Å². The van der Waals surface area contributed by atoms with E-state index in [9.17, 15) is 23.5 Å². The Balaban J connectivity index is 2.01. The first kappa shape index (κ1) is 19.9. The van der Waals surface area contributed by atoms with Gasteiger partial charge in [0.25, 0.3) is 5.91 Å². The molecule has 0 bridgehead atoms. The van der Waals surface area contributed by atoms with E-state index in [2.05, 4.69) is 0 Å². The van der Waals surface area contributed by atoms with E-state index in [0.717, 1.165) is 12.1 Å². The molecule has 1 heterocycles. The number of rotatable bonds is 2. The molecule has 0 aromatic heterocycles. The maximum atomic E-state index is 13.9. The van der Waals surface area contributed by atoms with Gasteiger partial charge in [-0.2, -0.15) is 0 Å². The van der Waals surface area contributed by atoms with Gasteiger partial charge in [-0.05, 0) is 45.7 Å². The molecule has 0 saturated carbocycles. The Labute approximate surface area is 151 Å². The highest BCUT2D eigenvalue weighted by Crippen LogP contribution is 2.25. The van der Waals surface area contributed by atoms with E-state index in [1.165, 1.54) is 9.80 Å². The van der Waals surface area contributed by atoms with Gasteiger partial charge >= 0.3 is 6.09 Å². The zero-order chi connectivity index (χ0) is 19.6. The van der Waals surface area contributed by atoms with E-state index in [-0.39, 0.29) is 19.1 Å². The van der Waals surface area contributed by atoms with Gasteiger partial charge in [-0.15, -0.1) is 0 Å². The van der Waals surface area contributed by atoms with Crippen molar-refractivity contribution in [3.05, 3.63) is 29.3 Å². The second-order valence-corrected chi connectivity index (χ2v) is 7.37. The highest BCUT2D eigenvalue weighted by Gasteiger charge is 2.32. The lowest BCUT2D eigenvalue weighted by atomic mass is 10.0. The van der Waals surface area contributed by atoms with Crippen LogP contribution in [0.4, 0.5) is 13.6 Å². The predicted octanol–water partition coefficient (Wildman–Crippen LogP) is 3.14. The van der Waals surface area contributed by atoms with Crippen LogP contribution in [-0.2, 0) is 4.74 Å². The van der Waals surface area contributed by atoms with Gasteiger partial charge in [0.2, 0.25) is 0 Å². The van der Waals surface area contributed by atoms with Crippen molar-refractivity contribution in [1.29, 1.82) is 0 Å². The van der Waals surface area contributed by atoms with Crippen LogP contribution in [0, 0.1) is 11.6 Å². The molecule has 0 unspecified atom stereocenters. The molecule has 0 aliphatic carbocycles. The first-order valence-corrected chi connectivity index (χ1v) is 8.43. The van der Waals surface area contributed by atoms with Gasteiger partial charge in [0.15, 0.2) is 11.6 Å². The Bertz CT molecular complexity index is 695. The van der Waals surface area contributed by atoms with Crippen molar-refractivity contribution in [2.75, 3.05) is 20.1 Å². The number of hydrogen-bond acceptors (Lipinski definition) is 4. The summed E-state index contributed by atoms with van der Waals surface area (Å²) in [4.78, 5) is 27.3. The molecular weight excluding hydrogens is 346 g/mol. The van der Waals surface area contributed by atoms with E-state index in [4.69, 9.17) is 4.74 Å². The first-order chi connectivity index (χ1) is 12.0. The average molecular weight is 370 g/mol. The summed E-state index contributed by atoms with van der Waals surface area (Å²) >= 11 is 0. The molecule has 2 rings (SSSR count). The molecule has 1 saturated heterocycles. The highest BCUT2D eigenvalue weighted by atomic mass is 19.1. The summed E-state index contributed by atoms with van der Waals surface area (Å²) < 4.78 is 33.1. The molecule has 0 spiro atoms. The van der Waals surface area contributed by atoms with Crippen LogP contribution < -0.4 is 0 Å². The number of ether oxygens (including phenoxy) is 1. The molecule has 1 aromatic carbocycles. The van der Waals surface area contributed by atoms with Crippen molar-refractivity contribution < 1.29 is 28.2 Å². The van der Waals surface area contributed by atoms with Gasteiger partial charge < -0.3 is 19.6 Å². The summed E-state index contributed by atoms with van der Waals surface area (Å²) in [5.41, 5.74) is -1.37. The second kappa shape index (κ2) is 7.47. The number of phenolic OH excluding ortho intramolecular Hbond substituents is 1. The fourth-order valence-electron chi connectivity index (χ4n) is 2.83. The molecule has 144 valence electrons. The number of carbonyl (C=O) groups is 2. The van der Waals surface area contributed by atoms with Crippen LogP contribution in [0.3, 0.4) is 0 Å². The molecule has 26 heavy (non-hydrogen) atoms. The molecule has 8 heteroatoms. The summed E-state index contributed by atoms with van der Waals surface area (Å²) in [6, 6.07) is 1.59. The lowest BCUT2D eigenvalue weighted by Crippen LogP contribution is -2.48. The summed E-state index contributed by atoms with van der Waals surface area (Å²) in [7, 11) is 1.63. The minimum absolute atomic E-state index is 0.132. The van der Waals surface area contributed by atoms with Crippen molar-refractivity contribution in [3.8, 4) is 5.75 Å². The molecule has 1 aromatic rings. The highest BCUT2D eigenvalue weighted by molar-refractivity contribution is 5.95. The van der Waals surface area contributed by atoms with Crippen LogP contribution in [-0.4, -0.2) is 58.7 Å². The van der Waals surface area contributed by atoms with Crippen molar-refractivity contribution in [1.82, 2.24) is 9.80 Å². The van der Waals surface area contributed by atoms with Crippen molar-refractivity contribution in [2.45, 2.75) is 45.3 Å². The SMILES string of the molecule is CN(C(=O)OC(C)(C)C)C1CCN(C(=O)c2c(F)ccc(O)c2F)CC1. The number of halogens is 2. The lowest BCUT2D eigenvalue weighted by molar-refractivity contribution is 0.0155. The summed E-state index contributed by atoms with van der Waals surface area (Å²) in [6.45, 7) is 5.81.